The Balaban J connectivity index is 3.33. The van der Waals surface area contributed by atoms with Crippen LogP contribution in [0.3, 0.4) is 0 Å². The maximum Gasteiger partial charge on any atom is 0.214 e. The minimum absolute atomic E-state index is 0.0457. The van der Waals surface area contributed by atoms with Crippen LogP contribution in [0.4, 0.5) is 0 Å². The van der Waals surface area contributed by atoms with Gasteiger partial charge in [-0.05, 0) is 18.6 Å². The van der Waals surface area contributed by atoms with E-state index in [2.05, 4.69) is 4.98 Å². The van der Waals surface area contributed by atoms with E-state index in [1.54, 1.807) is 13.0 Å². The molecule has 0 bridgehead atoms. The van der Waals surface area contributed by atoms with Crippen LogP contribution < -0.4 is 4.74 Å². The Kier molecular flexibility index (Phi) is 2.56. The van der Waals surface area contributed by atoms with E-state index in [1.165, 1.54) is 13.2 Å². The Morgan fingerprint density at radius 2 is 2.00 bits per heavy atom. The lowest BCUT2D eigenvalue weighted by Crippen LogP contribution is -2.02. The van der Waals surface area contributed by atoms with E-state index in [1.807, 2.05) is 0 Å². The first kappa shape index (κ1) is 9.98. The molecule has 1 aromatic rings. The molecule has 1 rings (SSSR count). The van der Waals surface area contributed by atoms with E-state index >= 15 is 0 Å². The molecule has 13 heavy (non-hydrogen) atoms. The quantitative estimate of drug-likeness (QED) is 0.710. The van der Waals surface area contributed by atoms with Crippen molar-refractivity contribution in [2.75, 3.05) is 13.4 Å². The number of hydrogen-bond acceptors (Lipinski definition) is 4. The second kappa shape index (κ2) is 3.33. The summed E-state index contributed by atoms with van der Waals surface area (Å²) in [5, 5.41) is 0.0457. The first-order valence-corrected chi connectivity index (χ1v) is 5.55. The van der Waals surface area contributed by atoms with Crippen LogP contribution in [-0.4, -0.2) is 26.8 Å². The predicted octanol–water partition coefficient (Wildman–Crippen LogP) is 0.802. The summed E-state index contributed by atoms with van der Waals surface area (Å²) in [4.78, 5) is 3.81. The molecule has 0 unspecified atom stereocenters. The summed E-state index contributed by atoms with van der Waals surface area (Å²) in [7, 11) is -1.80. The molecule has 0 fully saturated rings. The van der Waals surface area contributed by atoms with E-state index in [0.29, 0.717) is 5.88 Å². The third-order valence-electron chi connectivity index (χ3n) is 1.51. The molecule has 0 atom stereocenters. The van der Waals surface area contributed by atoms with Gasteiger partial charge in [0.25, 0.3) is 0 Å². The number of nitrogens with zero attached hydrogens (tertiary/aromatic N) is 1. The molecule has 0 aliphatic heterocycles. The molecular formula is C8H11NO3S. The molecule has 5 heteroatoms. The third-order valence-corrected chi connectivity index (χ3v) is 2.48. The lowest BCUT2D eigenvalue weighted by molar-refractivity contribution is 0.393. The van der Waals surface area contributed by atoms with Crippen molar-refractivity contribution in [3.63, 3.8) is 0 Å². The zero-order chi connectivity index (χ0) is 10.1. The molecule has 72 valence electrons. The van der Waals surface area contributed by atoms with E-state index in [4.69, 9.17) is 4.74 Å². The van der Waals surface area contributed by atoms with Crippen LogP contribution in [-0.2, 0) is 9.84 Å². The maximum absolute atomic E-state index is 11.1. The smallest absolute Gasteiger partial charge is 0.214 e. The van der Waals surface area contributed by atoms with Crippen LogP contribution >= 0.6 is 0 Å². The Labute approximate surface area is 77.5 Å². The molecule has 0 aromatic carbocycles. The zero-order valence-corrected chi connectivity index (χ0v) is 8.55. The fourth-order valence-corrected chi connectivity index (χ4v) is 1.55. The minimum atomic E-state index is -3.25. The Bertz CT molecular complexity index is 411. The van der Waals surface area contributed by atoms with Gasteiger partial charge in [0.2, 0.25) is 5.88 Å². The van der Waals surface area contributed by atoms with E-state index < -0.39 is 9.84 Å². The molecule has 4 nitrogen and oxygen atoms in total. The summed E-state index contributed by atoms with van der Waals surface area (Å²) < 4.78 is 27.1. The Morgan fingerprint density at radius 1 is 1.38 bits per heavy atom. The van der Waals surface area contributed by atoms with Crippen molar-refractivity contribution in [2.45, 2.75) is 11.9 Å². The topological polar surface area (TPSA) is 56.3 Å². The average Bonchev–Trinajstić information content (AvgIpc) is 2.01. The highest BCUT2D eigenvalue weighted by molar-refractivity contribution is 7.90. The van der Waals surface area contributed by atoms with Gasteiger partial charge in [-0.2, -0.15) is 0 Å². The van der Waals surface area contributed by atoms with Gasteiger partial charge >= 0.3 is 0 Å². The number of pyridine rings is 1. The van der Waals surface area contributed by atoms with Gasteiger partial charge in [-0.3, -0.25) is 0 Å². The van der Waals surface area contributed by atoms with Crippen molar-refractivity contribution in [3.05, 3.63) is 17.7 Å². The normalized spacial score (nSPS) is 11.3. The number of aryl methyl sites for hydroxylation is 1. The molecule has 0 amide bonds. The Morgan fingerprint density at radius 3 is 2.46 bits per heavy atom. The standard InChI is InChI=1S/C8H11NO3S/c1-6-4-7(12-2)9-8(5-6)13(3,10)11/h4-5H,1-3H3. The minimum Gasteiger partial charge on any atom is -0.481 e. The lowest BCUT2D eigenvalue weighted by Gasteiger charge is -2.03. The van der Waals surface area contributed by atoms with Crippen LogP contribution in [0.5, 0.6) is 5.88 Å². The summed E-state index contributed by atoms with van der Waals surface area (Å²) in [6.07, 6.45) is 1.12. The monoisotopic (exact) mass is 201 g/mol. The van der Waals surface area contributed by atoms with Crippen molar-refractivity contribution in [1.29, 1.82) is 0 Å². The fraction of sp³-hybridized carbons (Fsp3) is 0.375. The SMILES string of the molecule is COc1cc(C)cc(S(C)(=O)=O)n1. The fourth-order valence-electron chi connectivity index (χ4n) is 0.899. The summed E-state index contributed by atoms with van der Waals surface area (Å²) in [6, 6.07) is 3.19. The maximum atomic E-state index is 11.1. The number of ether oxygens (including phenoxy) is 1. The van der Waals surface area contributed by atoms with Gasteiger partial charge in [0, 0.05) is 12.3 Å². The molecular weight excluding hydrogens is 190 g/mol. The van der Waals surface area contributed by atoms with Crippen LogP contribution in [0.1, 0.15) is 5.56 Å². The van der Waals surface area contributed by atoms with E-state index in [9.17, 15) is 8.42 Å². The molecule has 1 aromatic heterocycles. The predicted molar refractivity (Wildman–Crippen MR) is 48.6 cm³/mol. The molecule has 0 aliphatic rings. The van der Waals surface area contributed by atoms with Crippen molar-refractivity contribution < 1.29 is 13.2 Å². The number of methoxy groups -OCH3 is 1. The summed E-state index contributed by atoms with van der Waals surface area (Å²) in [6.45, 7) is 1.79. The second-order valence-corrected chi connectivity index (χ2v) is 4.76. The number of hydrogen-bond donors (Lipinski definition) is 0. The van der Waals surface area contributed by atoms with Crippen molar-refractivity contribution in [1.82, 2.24) is 4.98 Å². The number of aromatic nitrogens is 1. The van der Waals surface area contributed by atoms with Crippen LogP contribution in [0.25, 0.3) is 0 Å². The van der Waals surface area contributed by atoms with Crippen LogP contribution in [0, 0.1) is 6.92 Å². The summed E-state index contributed by atoms with van der Waals surface area (Å²) >= 11 is 0. The van der Waals surface area contributed by atoms with Crippen molar-refractivity contribution in [3.8, 4) is 5.88 Å². The average molecular weight is 201 g/mol. The van der Waals surface area contributed by atoms with Gasteiger partial charge in [-0.1, -0.05) is 0 Å². The highest BCUT2D eigenvalue weighted by Gasteiger charge is 2.10. The summed E-state index contributed by atoms with van der Waals surface area (Å²) in [5.74, 6) is 0.320. The highest BCUT2D eigenvalue weighted by atomic mass is 32.2. The van der Waals surface area contributed by atoms with Gasteiger partial charge in [0.15, 0.2) is 14.9 Å². The van der Waals surface area contributed by atoms with Gasteiger partial charge < -0.3 is 4.74 Å². The molecule has 0 spiro atoms. The Hall–Kier alpha value is -1.10. The zero-order valence-electron chi connectivity index (χ0n) is 7.73. The van der Waals surface area contributed by atoms with E-state index in [-0.39, 0.29) is 5.03 Å². The third kappa shape index (κ3) is 2.42. The molecule has 0 aliphatic carbocycles. The summed E-state index contributed by atoms with van der Waals surface area (Å²) in [5.41, 5.74) is 0.812. The van der Waals surface area contributed by atoms with Crippen molar-refractivity contribution >= 4 is 9.84 Å². The number of sulfone groups is 1. The van der Waals surface area contributed by atoms with Crippen LogP contribution in [0.15, 0.2) is 17.2 Å². The van der Waals surface area contributed by atoms with Crippen LogP contribution in [0.2, 0.25) is 0 Å². The lowest BCUT2D eigenvalue weighted by atomic mass is 10.3. The van der Waals surface area contributed by atoms with Crippen molar-refractivity contribution in [2.24, 2.45) is 0 Å². The van der Waals surface area contributed by atoms with Gasteiger partial charge in [-0.15, -0.1) is 0 Å². The molecule has 0 saturated heterocycles. The highest BCUT2D eigenvalue weighted by Crippen LogP contribution is 2.14. The largest absolute Gasteiger partial charge is 0.481 e. The molecule has 0 saturated carbocycles. The molecule has 1 heterocycles. The molecule has 0 radical (unpaired) electrons. The first-order chi connectivity index (χ1) is 5.93. The van der Waals surface area contributed by atoms with Gasteiger partial charge in [0.1, 0.15) is 0 Å². The van der Waals surface area contributed by atoms with Gasteiger partial charge in [0.05, 0.1) is 7.11 Å². The first-order valence-electron chi connectivity index (χ1n) is 3.66. The second-order valence-electron chi connectivity index (χ2n) is 2.80. The molecule has 0 N–H and O–H groups in total. The van der Waals surface area contributed by atoms with E-state index in [0.717, 1.165) is 11.8 Å². The number of rotatable bonds is 2. The van der Waals surface area contributed by atoms with Gasteiger partial charge in [-0.25, -0.2) is 13.4 Å².